The molecule has 0 aliphatic carbocycles. The van der Waals surface area contributed by atoms with Crippen molar-refractivity contribution in [1.82, 2.24) is 15.3 Å². The predicted octanol–water partition coefficient (Wildman–Crippen LogP) is 4.54. The lowest BCUT2D eigenvalue weighted by molar-refractivity contribution is 0.0948. The molecule has 0 fully saturated rings. The fourth-order valence-electron chi connectivity index (χ4n) is 2.66. The van der Waals surface area contributed by atoms with Gasteiger partial charge in [-0.1, -0.05) is 41.9 Å². The summed E-state index contributed by atoms with van der Waals surface area (Å²) in [4.78, 5) is 21.0. The Morgan fingerprint density at radius 2 is 1.78 bits per heavy atom. The third kappa shape index (κ3) is 5.79. The SMILES string of the molecule is Cc1nc(Nc2ccc(Cl)cc2)cc(C(=O)NCCCc2ccccc2)n1. The topological polar surface area (TPSA) is 66.9 Å². The van der Waals surface area contributed by atoms with Gasteiger partial charge in [-0.2, -0.15) is 0 Å². The van der Waals surface area contributed by atoms with E-state index in [0.717, 1.165) is 18.5 Å². The number of aromatic nitrogens is 2. The van der Waals surface area contributed by atoms with Gasteiger partial charge in [0.1, 0.15) is 17.3 Å². The van der Waals surface area contributed by atoms with E-state index in [1.54, 1.807) is 25.1 Å². The summed E-state index contributed by atoms with van der Waals surface area (Å²) in [6, 6.07) is 19.1. The van der Waals surface area contributed by atoms with Crippen molar-refractivity contribution in [2.24, 2.45) is 0 Å². The number of carbonyl (C=O) groups is 1. The summed E-state index contributed by atoms with van der Waals surface area (Å²) < 4.78 is 0. The molecule has 1 heterocycles. The van der Waals surface area contributed by atoms with Crippen molar-refractivity contribution in [3.05, 3.63) is 82.8 Å². The Balaban J connectivity index is 1.57. The zero-order valence-electron chi connectivity index (χ0n) is 15.1. The van der Waals surface area contributed by atoms with Crippen LogP contribution in [-0.4, -0.2) is 22.4 Å². The highest BCUT2D eigenvalue weighted by Gasteiger charge is 2.10. The number of hydrogen-bond donors (Lipinski definition) is 2. The van der Waals surface area contributed by atoms with Crippen LogP contribution in [-0.2, 0) is 6.42 Å². The van der Waals surface area contributed by atoms with Gasteiger partial charge in [0.25, 0.3) is 5.91 Å². The van der Waals surface area contributed by atoms with Gasteiger partial charge in [0.05, 0.1) is 0 Å². The van der Waals surface area contributed by atoms with Gasteiger partial charge < -0.3 is 10.6 Å². The molecule has 0 aliphatic rings. The molecule has 0 unspecified atom stereocenters. The fourth-order valence-corrected chi connectivity index (χ4v) is 2.78. The molecule has 27 heavy (non-hydrogen) atoms. The molecule has 3 rings (SSSR count). The third-order valence-corrected chi connectivity index (χ3v) is 4.21. The Morgan fingerprint density at radius 3 is 2.52 bits per heavy atom. The van der Waals surface area contributed by atoms with Crippen LogP contribution in [0, 0.1) is 6.92 Å². The molecule has 5 nitrogen and oxygen atoms in total. The smallest absolute Gasteiger partial charge is 0.270 e. The van der Waals surface area contributed by atoms with E-state index in [0.29, 0.717) is 28.9 Å². The molecule has 3 aromatic rings. The maximum Gasteiger partial charge on any atom is 0.270 e. The molecular formula is C21H21ClN4O. The lowest BCUT2D eigenvalue weighted by Crippen LogP contribution is -2.26. The number of anilines is 2. The highest BCUT2D eigenvalue weighted by atomic mass is 35.5. The Morgan fingerprint density at radius 1 is 1.04 bits per heavy atom. The maximum atomic E-state index is 12.4. The van der Waals surface area contributed by atoms with Crippen molar-refractivity contribution in [1.29, 1.82) is 0 Å². The van der Waals surface area contributed by atoms with Crippen LogP contribution in [0.25, 0.3) is 0 Å². The minimum absolute atomic E-state index is 0.201. The zero-order chi connectivity index (χ0) is 19.1. The number of nitrogens with one attached hydrogen (secondary N) is 2. The van der Waals surface area contributed by atoms with Gasteiger partial charge in [0, 0.05) is 23.3 Å². The monoisotopic (exact) mass is 380 g/mol. The van der Waals surface area contributed by atoms with E-state index in [-0.39, 0.29) is 5.91 Å². The number of carbonyl (C=O) groups excluding carboxylic acids is 1. The van der Waals surface area contributed by atoms with Crippen LogP contribution in [0.5, 0.6) is 0 Å². The van der Waals surface area contributed by atoms with Crippen LogP contribution in [0.1, 0.15) is 28.3 Å². The second kappa shape index (κ2) is 9.14. The summed E-state index contributed by atoms with van der Waals surface area (Å²) in [5.41, 5.74) is 2.45. The largest absolute Gasteiger partial charge is 0.351 e. The molecule has 0 radical (unpaired) electrons. The van der Waals surface area contributed by atoms with E-state index in [1.165, 1.54) is 5.56 Å². The van der Waals surface area contributed by atoms with E-state index in [9.17, 15) is 4.79 Å². The number of amides is 1. The van der Waals surface area contributed by atoms with Crippen molar-refractivity contribution < 1.29 is 4.79 Å². The van der Waals surface area contributed by atoms with Crippen LogP contribution in [0.4, 0.5) is 11.5 Å². The maximum absolute atomic E-state index is 12.4. The zero-order valence-corrected chi connectivity index (χ0v) is 15.8. The molecule has 0 atom stereocenters. The first-order valence-corrected chi connectivity index (χ1v) is 9.18. The van der Waals surface area contributed by atoms with Gasteiger partial charge in [-0.3, -0.25) is 4.79 Å². The summed E-state index contributed by atoms with van der Waals surface area (Å²) in [5, 5.41) is 6.75. The minimum Gasteiger partial charge on any atom is -0.351 e. The quantitative estimate of drug-likeness (QED) is 0.590. The average molecular weight is 381 g/mol. The van der Waals surface area contributed by atoms with E-state index in [2.05, 4.69) is 32.7 Å². The Labute approximate surface area is 163 Å². The first-order chi connectivity index (χ1) is 13.1. The number of halogens is 1. The summed E-state index contributed by atoms with van der Waals surface area (Å²) in [6.07, 6.45) is 1.79. The van der Waals surface area contributed by atoms with E-state index in [4.69, 9.17) is 11.6 Å². The number of rotatable bonds is 7. The van der Waals surface area contributed by atoms with Crippen molar-refractivity contribution in [3.63, 3.8) is 0 Å². The highest BCUT2D eigenvalue weighted by Crippen LogP contribution is 2.18. The van der Waals surface area contributed by atoms with Gasteiger partial charge in [-0.05, 0) is 49.6 Å². The van der Waals surface area contributed by atoms with Crippen LogP contribution in [0.3, 0.4) is 0 Å². The molecule has 138 valence electrons. The first-order valence-electron chi connectivity index (χ1n) is 8.80. The van der Waals surface area contributed by atoms with Crippen molar-refractivity contribution in [3.8, 4) is 0 Å². The second-order valence-electron chi connectivity index (χ2n) is 6.16. The van der Waals surface area contributed by atoms with Gasteiger partial charge in [0.2, 0.25) is 0 Å². The fraction of sp³-hybridized carbons (Fsp3) is 0.190. The number of nitrogens with zero attached hydrogens (tertiary/aromatic N) is 2. The molecular weight excluding hydrogens is 360 g/mol. The van der Waals surface area contributed by atoms with Crippen molar-refractivity contribution in [2.45, 2.75) is 19.8 Å². The third-order valence-electron chi connectivity index (χ3n) is 3.96. The highest BCUT2D eigenvalue weighted by molar-refractivity contribution is 6.30. The van der Waals surface area contributed by atoms with E-state index < -0.39 is 0 Å². The molecule has 0 spiro atoms. The Kier molecular flexibility index (Phi) is 6.39. The molecule has 6 heteroatoms. The second-order valence-corrected chi connectivity index (χ2v) is 6.60. The van der Waals surface area contributed by atoms with Gasteiger partial charge in [0.15, 0.2) is 0 Å². The number of aryl methyl sites for hydroxylation is 2. The summed E-state index contributed by atoms with van der Waals surface area (Å²) in [5.74, 6) is 0.898. The van der Waals surface area contributed by atoms with Crippen LogP contribution < -0.4 is 10.6 Å². The lowest BCUT2D eigenvalue weighted by Gasteiger charge is -2.09. The van der Waals surface area contributed by atoms with Crippen molar-refractivity contribution >= 4 is 29.0 Å². The van der Waals surface area contributed by atoms with E-state index >= 15 is 0 Å². The molecule has 0 saturated carbocycles. The lowest BCUT2D eigenvalue weighted by atomic mass is 10.1. The van der Waals surface area contributed by atoms with Crippen LogP contribution in [0.2, 0.25) is 5.02 Å². The van der Waals surface area contributed by atoms with Gasteiger partial charge in [-0.25, -0.2) is 9.97 Å². The standard InChI is InChI=1S/C21H21ClN4O/c1-15-24-19(14-20(25-15)26-18-11-9-17(22)10-12-18)21(27)23-13-5-8-16-6-3-2-4-7-16/h2-4,6-7,9-12,14H,5,8,13H2,1H3,(H,23,27)(H,24,25,26). The molecule has 0 bridgehead atoms. The number of benzene rings is 2. The summed E-state index contributed by atoms with van der Waals surface area (Å²) in [6.45, 7) is 2.36. The van der Waals surface area contributed by atoms with Crippen molar-refractivity contribution in [2.75, 3.05) is 11.9 Å². The molecule has 2 N–H and O–H groups in total. The molecule has 0 saturated heterocycles. The van der Waals surface area contributed by atoms with Gasteiger partial charge >= 0.3 is 0 Å². The number of hydrogen-bond acceptors (Lipinski definition) is 4. The van der Waals surface area contributed by atoms with Crippen LogP contribution >= 0.6 is 11.6 Å². The Hall–Kier alpha value is -2.92. The van der Waals surface area contributed by atoms with Gasteiger partial charge in [-0.15, -0.1) is 0 Å². The minimum atomic E-state index is -0.201. The normalized spacial score (nSPS) is 10.4. The molecule has 1 amide bonds. The van der Waals surface area contributed by atoms with E-state index in [1.807, 2.05) is 30.3 Å². The Bertz CT molecular complexity index is 898. The summed E-state index contributed by atoms with van der Waals surface area (Å²) >= 11 is 5.90. The predicted molar refractivity (Wildman–Crippen MR) is 109 cm³/mol. The average Bonchev–Trinajstić information content (AvgIpc) is 2.67. The molecule has 2 aromatic carbocycles. The van der Waals surface area contributed by atoms with Crippen LogP contribution in [0.15, 0.2) is 60.7 Å². The molecule has 1 aromatic heterocycles. The summed E-state index contributed by atoms with van der Waals surface area (Å²) in [7, 11) is 0. The molecule has 0 aliphatic heterocycles. The first kappa shape index (κ1) is 18.9.